The van der Waals surface area contributed by atoms with Crippen LogP contribution in [-0.4, -0.2) is 62.6 Å². The van der Waals surface area contributed by atoms with E-state index in [-0.39, 0.29) is 0 Å². The summed E-state index contributed by atoms with van der Waals surface area (Å²) < 4.78 is 5.67. The Labute approximate surface area is 117 Å². The van der Waals surface area contributed by atoms with Crippen LogP contribution in [0.1, 0.15) is 32.6 Å². The highest BCUT2D eigenvalue weighted by Gasteiger charge is 2.37. The van der Waals surface area contributed by atoms with Crippen molar-refractivity contribution in [2.24, 2.45) is 11.3 Å². The number of nitrogens with one attached hydrogen (secondary N) is 1. The third-order valence-electron chi connectivity index (χ3n) is 4.63. The van der Waals surface area contributed by atoms with Crippen LogP contribution >= 0.6 is 0 Å². The van der Waals surface area contributed by atoms with E-state index in [1.54, 1.807) is 0 Å². The van der Waals surface area contributed by atoms with E-state index >= 15 is 0 Å². The molecule has 0 aliphatic carbocycles. The molecule has 4 nitrogen and oxygen atoms in total. The monoisotopic (exact) mass is 270 g/mol. The molecule has 2 rings (SSSR count). The summed E-state index contributed by atoms with van der Waals surface area (Å²) in [7, 11) is 0. The second-order valence-corrected chi connectivity index (χ2v) is 6.34. The average Bonchev–Trinajstić information content (AvgIpc) is 2.86. The van der Waals surface area contributed by atoms with Crippen molar-refractivity contribution in [3.05, 3.63) is 0 Å². The highest BCUT2D eigenvalue weighted by Crippen LogP contribution is 2.31. The van der Waals surface area contributed by atoms with Gasteiger partial charge in [-0.3, -0.25) is 0 Å². The molecule has 0 aromatic carbocycles. The molecular weight excluding hydrogens is 240 g/mol. The molecule has 0 saturated carbocycles. The fourth-order valence-electron chi connectivity index (χ4n) is 3.55. The van der Waals surface area contributed by atoms with Crippen molar-refractivity contribution in [2.45, 2.75) is 32.6 Å². The number of piperidine rings is 1. The molecular formula is C15H30N2O2. The Hall–Kier alpha value is -0.160. The highest BCUT2D eigenvalue weighted by molar-refractivity contribution is 4.89. The molecule has 0 amide bonds. The van der Waals surface area contributed by atoms with E-state index in [1.807, 2.05) is 0 Å². The Kier molecular flexibility index (Phi) is 6.07. The van der Waals surface area contributed by atoms with Crippen molar-refractivity contribution in [3.8, 4) is 0 Å². The first-order valence-corrected chi connectivity index (χ1v) is 7.90. The molecule has 0 bridgehead atoms. The normalized spacial score (nSPS) is 32.8. The lowest BCUT2D eigenvalue weighted by Gasteiger charge is -2.39. The van der Waals surface area contributed by atoms with Crippen LogP contribution in [0.2, 0.25) is 0 Å². The fraction of sp³-hybridized carbons (Fsp3) is 1.00. The van der Waals surface area contributed by atoms with Gasteiger partial charge >= 0.3 is 0 Å². The molecule has 112 valence electrons. The van der Waals surface area contributed by atoms with Gasteiger partial charge in [0, 0.05) is 38.3 Å². The molecule has 2 atom stereocenters. The molecule has 19 heavy (non-hydrogen) atoms. The average molecular weight is 270 g/mol. The first kappa shape index (κ1) is 15.2. The van der Waals surface area contributed by atoms with E-state index in [2.05, 4.69) is 17.1 Å². The van der Waals surface area contributed by atoms with Gasteiger partial charge in [0.1, 0.15) is 0 Å². The first-order chi connectivity index (χ1) is 9.28. The summed E-state index contributed by atoms with van der Waals surface area (Å²) >= 11 is 0. The molecule has 2 saturated heterocycles. The maximum absolute atomic E-state index is 9.11. The fourth-order valence-corrected chi connectivity index (χ4v) is 3.55. The van der Waals surface area contributed by atoms with Crippen molar-refractivity contribution in [1.29, 1.82) is 0 Å². The summed E-state index contributed by atoms with van der Waals surface area (Å²) in [5.41, 5.74) is 0.317. The minimum atomic E-state index is 0.317. The van der Waals surface area contributed by atoms with Gasteiger partial charge in [-0.2, -0.15) is 0 Å². The predicted octanol–water partition coefficient (Wildman–Crippen LogP) is 1.10. The lowest BCUT2D eigenvalue weighted by atomic mass is 9.85. The summed E-state index contributed by atoms with van der Waals surface area (Å²) in [5, 5.41) is 12.6. The summed E-state index contributed by atoms with van der Waals surface area (Å²) in [6, 6.07) is 0. The highest BCUT2D eigenvalue weighted by atomic mass is 16.5. The first-order valence-electron chi connectivity index (χ1n) is 7.90. The topological polar surface area (TPSA) is 44.7 Å². The van der Waals surface area contributed by atoms with Gasteiger partial charge < -0.3 is 20.1 Å². The molecule has 2 aliphatic rings. The molecule has 2 fully saturated rings. The minimum Gasteiger partial charge on any atom is -0.396 e. The Bertz CT molecular complexity index is 253. The van der Waals surface area contributed by atoms with Gasteiger partial charge in [0.05, 0.1) is 6.61 Å². The molecule has 2 N–H and O–H groups in total. The number of hydrogen-bond acceptors (Lipinski definition) is 4. The second kappa shape index (κ2) is 7.58. The molecule has 0 spiro atoms. The summed E-state index contributed by atoms with van der Waals surface area (Å²) in [6.07, 6.45) is 4.71. The lowest BCUT2D eigenvalue weighted by Crippen LogP contribution is -2.47. The standard InChI is InChI=1S/C15H30N2O2/c1-2-16-11-15(6-9-19-13-15)12-17-7-3-4-14(10-17)5-8-18/h14,16,18H,2-13H2,1H3. The molecule has 0 aromatic rings. The molecule has 2 unspecified atom stereocenters. The van der Waals surface area contributed by atoms with Crippen LogP contribution < -0.4 is 5.32 Å². The Morgan fingerprint density at radius 3 is 3.05 bits per heavy atom. The number of nitrogens with zero attached hydrogens (tertiary/aromatic N) is 1. The largest absolute Gasteiger partial charge is 0.396 e. The Balaban J connectivity index is 1.85. The smallest absolute Gasteiger partial charge is 0.0547 e. The maximum atomic E-state index is 9.11. The quantitative estimate of drug-likeness (QED) is 0.727. The third kappa shape index (κ3) is 4.42. The zero-order valence-corrected chi connectivity index (χ0v) is 12.4. The third-order valence-corrected chi connectivity index (χ3v) is 4.63. The number of aliphatic hydroxyl groups excluding tert-OH is 1. The lowest BCUT2D eigenvalue weighted by molar-refractivity contribution is 0.0767. The van der Waals surface area contributed by atoms with Gasteiger partial charge in [0.25, 0.3) is 0 Å². The number of ether oxygens (including phenoxy) is 1. The van der Waals surface area contributed by atoms with Crippen LogP contribution in [0.3, 0.4) is 0 Å². The van der Waals surface area contributed by atoms with E-state index in [4.69, 9.17) is 9.84 Å². The van der Waals surface area contributed by atoms with Gasteiger partial charge in [-0.1, -0.05) is 6.92 Å². The van der Waals surface area contributed by atoms with E-state index in [1.165, 1.54) is 25.8 Å². The van der Waals surface area contributed by atoms with Crippen LogP contribution in [0.4, 0.5) is 0 Å². The predicted molar refractivity (Wildman–Crippen MR) is 77.3 cm³/mol. The summed E-state index contributed by atoms with van der Waals surface area (Å²) in [5.74, 6) is 0.692. The minimum absolute atomic E-state index is 0.317. The molecule has 4 heteroatoms. The zero-order chi connectivity index (χ0) is 13.6. The van der Waals surface area contributed by atoms with Gasteiger partial charge in [0.15, 0.2) is 0 Å². The maximum Gasteiger partial charge on any atom is 0.0547 e. The van der Waals surface area contributed by atoms with E-state index in [0.29, 0.717) is 17.9 Å². The van der Waals surface area contributed by atoms with Gasteiger partial charge in [-0.15, -0.1) is 0 Å². The van der Waals surface area contributed by atoms with Crippen LogP contribution in [0.5, 0.6) is 0 Å². The van der Waals surface area contributed by atoms with E-state index in [9.17, 15) is 0 Å². The molecule has 2 aliphatic heterocycles. The number of likely N-dealkylation sites (tertiary alicyclic amines) is 1. The van der Waals surface area contributed by atoms with Crippen molar-refractivity contribution in [1.82, 2.24) is 10.2 Å². The van der Waals surface area contributed by atoms with Crippen LogP contribution in [-0.2, 0) is 4.74 Å². The van der Waals surface area contributed by atoms with Crippen LogP contribution in [0, 0.1) is 11.3 Å². The van der Waals surface area contributed by atoms with E-state index in [0.717, 1.165) is 45.8 Å². The summed E-state index contributed by atoms with van der Waals surface area (Å²) in [6.45, 7) is 9.97. The second-order valence-electron chi connectivity index (χ2n) is 6.34. The van der Waals surface area contributed by atoms with Gasteiger partial charge in [-0.25, -0.2) is 0 Å². The van der Waals surface area contributed by atoms with E-state index < -0.39 is 0 Å². The Morgan fingerprint density at radius 1 is 1.47 bits per heavy atom. The zero-order valence-electron chi connectivity index (χ0n) is 12.4. The van der Waals surface area contributed by atoms with Crippen molar-refractivity contribution in [3.63, 3.8) is 0 Å². The number of hydrogen-bond donors (Lipinski definition) is 2. The summed E-state index contributed by atoms with van der Waals surface area (Å²) in [4.78, 5) is 2.61. The Morgan fingerprint density at radius 2 is 2.37 bits per heavy atom. The van der Waals surface area contributed by atoms with Crippen molar-refractivity contribution < 1.29 is 9.84 Å². The molecule has 0 radical (unpaired) electrons. The van der Waals surface area contributed by atoms with Crippen LogP contribution in [0.15, 0.2) is 0 Å². The molecule has 0 aromatic heterocycles. The molecule has 2 heterocycles. The van der Waals surface area contributed by atoms with Gasteiger partial charge in [0.2, 0.25) is 0 Å². The van der Waals surface area contributed by atoms with Crippen LogP contribution in [0.25, 0.3) is 0 Å². The van der Waals surface area contributed by atoms with Crippen molar-refractivity contribution >= 4 is 0 Å². The van der Waals surface area contributed by atoms with Crippen molar-refractivity contribution in [2.75, 3.05) is 52.5 Å². The van der Waals surface area contributed by atoms with Gasteiger partial charge in [-0.05, 0) is 44.7 Å². The number of aliphatic hydroxyl groups is 1. The number of rotatable bonds is 7. The SMILES string of the molecule is CCNCC1(CN2CCCC(CCO)C2)CCOC1.